The Hall–Kier alpha value is -1.25. The van der Waals surface area contributed by atoms with Gasteiger partial charge in [-0.2, -0.15) is 0 Å². The number of nitrogens with one attached hydrogen (secondary N) is 1. The van der Waals surface area contributed by atoms with Crippen LogP contribution in [-0.2, 0) is 0 Å². The SMILES string of the molecule is CCNc1cc(N2CCC(C)C2)ccn1. The van der Waals surface area contributed by atoms with E-state index in [0.717, 1.165) is 18.3 Å². The molecule has 82 valence electrons. The van der Waals surface area contributed by atoms with E-state index in [9.17, 15) is 0 Å². The molecule has 1 atom stereocenters. The van der Waals surface area contributed by atoms with Gasteiger partial charge in [0.1, 0.15) is 5.82 Å². The molecule has 1 aromatic heterocycles. The molecule has 0 bridgehead atoms. The normalized spacial score (nSPS) is 20.7. The van der Waals surface area contributed by atoms with Crippen molar-refractivity contribution in [1.29, 1.82) is 0 Å². The second-order valence-corrected chi connectivity index (χ2v) is 4.27. The van der Waals surface area contributed by atoms with Crippen LogP contribution in [-0.4, -0.2) is 24.6 Å². The summed E-state index contributed by atoms with van der Waals surface area (Å²) in [5.74, 6) is 1.80. The van der Waals surface area contributed by atoms with Crippen LogP contribution >= 0.6 is 0 Å². The van der Waals surface area contributed by atoms with Gasteiger partial charge in [-0.3, -0.25) is 0 Å². The van der Waals surface area contributed by atoms with E-state index in [-0.39, 0.29) is 0 Å². The van der Waals surface area contributed by atoms with Crippen LogP contribution in [0.3, 0.4) is 0 Å². The highest BCUT2D eigenvalue weighted by Gasteiger charge is 2.18. The van der Waals surface area contributed by atoms with Gasteiger partial charge in [-0.15, -0.1) is 0 Å². The molecular weight excluding hydrogens is 186 g/mol. The lowest BCUT2D eigenvalue weighted by Gasteiger charge is -2.18. The fourth-order valence-corrected chi connectivity index (χ4v) is 2.06. The van der Waals surface area contributed by atoms with Crippen molar-refractivity contribution in [3.63, 3.8) is 0 Å². The van der Waals surface area contributed by atoms with E-state index in [2.05, 4.69) is 41.2 Å². The molecule has 0 aromatic carbocycles. The first-order valence-corrected chi connectivity index (χ1v) is 5.74. The molecule has 0 aliphatic carbocycles. The second kappa shape index (κ2) is 4.51. The maximum atomic E-state index is 4.28. The summed E-state index contributed by atoms with van der Waals surface area (Å²) in [6, 6.07) is 4.24. The molecule has 1 unspecified atom stereocenters. The lowest BCUT2D eigenvalue weighted by Crippen LogP contribution is -2.19. The van der Waals surface area contributed by atoms with E-state index in [4.69, 9.17) is 0 Å². The van der Waals surface area contributed by atoms with Gasteiger partial charge in [-0.05, 0) is 25.3 Å². The van der Waals surface area contributed by atoms with E-state index >= 15 is 0 Å². The number of anilines is 2. The van der Waals surface area contributed by atoms with E-state index < -0.39 is 0 Å². The van der Waals surface area contributed by atoms with Crippen molar-refractivity contribution >= 4 is 11.5 Å². The molecule has 3 heteroatoms. The van der Waals surface area contributed by atoms with Crippen LogP contribution in [0.5, 0.6) is 0 Å². The van der Waals surface area contributed by atoms with Gasteiger partial charge in [-0.1, -0.05) is 6.92 Å². The standard InChI is InChI=1S/C12H19N3/c1-3-13-12-8-11(4-6-14-12)15-7-5-10(2)9-15/h4,6,8,10H,3,5,7,9H2,1-2H3,(H,13,14). The minimum Gasteiger partial charge on any atom is -0.371 e. The zero-order valence-electron chi connectivity index (χ0n) is 9.53. The van der Waals surface area contributed by atoms with Gasteiger partial charge in [0.05, 0.1) is 0 Å². The Morgan fingerprint density at radius 2 is 2.47 bits per heavy atom. The molecule has 1 aliphatic rings. The highest BCUT2D eigenvalue weighted by Crippen LogP contribution is 2.24. The third-order valence-electron chi connectivity index (χ3n) is 2.89. The molecule has 0 saturated carbocycles. The van der Waals surface area contributed by atoms with Gasteiger partial charge in [-0.25, -0.2) is 4.98 Å². The Morgan fingerprint density at radius 3 is 3.13 bits per heavy atom. The van der Waals surface area contributed by atoms with Gasteiger partial charge in [0.2, 0.25) is 0 Å². The summed E-state index contributed by atoms with van der Waals surface area (Å²) in [6.07, 6.45) is 3.19. The van der Waals surface area contributed by atoms with Gasteiger partial charge in [0.15, 0.2) is 0 Å². The minimum atomic E-state index is 0.820. The fraction of sp³-hybridized carbons (Fsp3) is 0.583. The molecule has 3 nitrogen and oxygen atoms in total. The molecule has 0 spiro atoms. The van der Waals surface area contributed by atoms with Gasteiger partial charge < -0.3 is 10.2 Å². The summed E-state index contributed by atoms with van der Waals surface area (Å²) in [5.41, 5.74) is 1.30. The average Bonchev–Trinajstić information content (AvgIpc) is 2.66. The summed E-state index contributed by atoms with van der Waals surface area (Å²) < 4.78 is 0. The Balaban J connectivity index is 2.10. The van der Waals surface area contributed by atoms with Gasteiger partial charge in [0.25, 0.3) is 0 Å². The highest BCUT2D eigenvalue weighted by atomic mass is 15.2. The summed E-state index contributed by atoms with van der Waals surface area (Å²) in [5, 5.41) is 3.24. The smallest absolute Gasteiger partial charge is 0.127 e. The topological polar surface area (TPSA) is 28.2 Å². The van der Waals surface area contributed by atoms with Crippen molar-refractivity contribution in [2.24, 2.45) is 5.92 Å². The van der Waals surface area contributed by atoms with Crippen molar-refractivity contribution in [2.45, 2.75) is 20.3 Å². The number of nitrogens with zero attached hydrogens (tertiary/aromatic N) is 2. The molecule has 0 amide bonds. The quantitative estimate of drug-likeness (QED) is 0.821. The third-order valence-corrected chi connectivity index (χ3v) is 2.89. The monoisotopic (exact) mass is 205 g/mol. The zero-order chi connectivity index (χ0) is 10.7. The van der Waals surface area contributed by atoms with Crippen LogP contribution in [0.25, 0.3) is 0 Å². The number of aromatic nitrogens is 1. The number of hydrogen-bond donors (Lipinski definition) is 1. The largest absolute Gasteiger partial charge is 0.371 e. The Labute approximate surface area is 91.5 Å². The number of pyridine rings is 1. The number of rotatable bonds is 3. The van der Waals surface area contributed by atoms with Gasteiger partial charge >= 0.3 is 0 Å². The molecule has 1 aliphatic heterocycles. The minimum absolute atomic E-state index is 0.820. The fourth-order valence-electron chi connectivity index (χ4n) is 2.06. The predicted octanol–water partition coefficient (Wildman–Crippen LogP) is 2.36. The van der Waals surface area contributed by atoms with E-state index in [0.29, 0.717) is 0 Å². The first-order valence-electron chi connectivity index (χ1n) is 5.74. The average molecular weight is 205 g/mol. The molecule has 1 fully saturated rings. The Morgan fingerprint density at radius 1 is 1.60 bits per heavy atom. The van der Waals surface area contributed by atoms with Crippen molar-refractivity contribution in [3.05, 3.63) is 18.3 Å². The maximum absolute atomic E-state index is 4.28. The molecule has 1 saturated heterocycles. The summed E-state index contributed by atoms with van der Waals surface area (Å²) in [4.78, 5) is 6.72. The summed E-state index contributed by atoms with van der Waals surface area (Å²) in [6.45, 7) is 7.68. The van der Waals surface area contributed by atoms with Crippen LogP contribution in [0.2, 0.25) is 0 Å². The third kappa shape index (κ3) is 2.41. The van der Waals surface area contributed by atoms with E-state index in [1.807, 2.05) is 6.20 Å². The lowest BCUT2D eigenvalue weighted by atomic mass is 10.2. The summed E-state index contributed by atoms with van der Waals surface area (Å²) in [7, 11) is 0. The first kappa shape index (κ1) is 10.3. The van der Waals surface area contributed by atoms with Crippen molar-refractivity contribution in [3.8, 4) is 0 Å². The van der Waals surface area contributed by atoms with Crippen LogP contribution in [0.4, 0.5) is 11.5 Å². The first-order chi connectivity index (χ1) is 7.29. The van der Waals surface area contributed by atoms with E-state index in [1.165, 1.54) is 25.2 Å². The Kier molecular flexibility index (Phi) is 3.09. The van der Waals surface area contributed by atoms with Crippen LogP contribution < -0.4 is 10.2 Å². The van der Waals surface area contributed by atoms with Gasteiger partial charge in [0, 0.05) is 37.6 Å². The van der Waals surface area contributed by atoms with Crippen LogP contribution in [0, 0.1) is 5.92 Å². The molecule has 2 heterocycles. The lowest BCUT2D eigenvalue weighted by molar-refractivity contribution is 0.659. The number of hydrogen-bond acceptors (Lipinski definition) is 3. The molecule has 15 heavy (non-hydrogen) atoms. The predicted molar refractivity (Wildman–Crippen MR) is 64.4 cm³/mol. The second-order valence-electron chi connectivity index (χ2n) is 4.27. The summed E-state index contributed by atoms with van der Waals surface area (Å²) >= 11 is 0. The molecule has 1 N–H and O–H groups in total. The highest BCUT2D eigenvalue weighted by molar-refractivity contribution is 5.54. The van der Waals surface area contributed by atoms with Crippen molar-refractivity contribution < 1.29 is 0 Å². The van der Waals surface area contributed by atoms with Crippen LogP contribution in [0.1, 0.15) is 20.3 Å². The van der Waals surface area contributed by atoms with Crippen molar-refractivity contribution in [2.75, 3.05) is 29.9 Å². The molecule has 1 aromatic rings. The molecule has 0 radical (unpaired) electrons. The molecular formula is C12H19N3. The van der Waals surface area contributed by atoms with Crippen LogP contribution in [0.15, 0.2) is 18.3 Å². The maximum Gasteiger partial charge on any atom is 0.127 e. The Bertz CT molecular complexity index is 324. The zero-order valence-corrected chi connectivity index (χ0v) is 9.53. The van der Waals surface area contributed by atoms with Crippen molar-refractivity contribution in [1.82, 2.24) is 4.98 Å². The van der Waals surface area contributed by atoms with E-state index in [1.54, 1.807) is 0 Å². The molecule has 2 rings (SSSR count).